The van der Waals surface area contributed by atoms with Crippen LogP contribution < -0.4 is 29.9 Å². The number of anilines is 2. The van der Waals surface area contributed by atoms with Gasteiger partial charge in [0.2, 0.25) is 0 Å². The summed E-state index contributed by atoms with van der Waals surface area (Å²) in [6.07, 6.45) is 3.70. The van der Waals surface area contributed by atoms with Crippen LogP contribution in [0.2, 0.25) is 0 Å². The van der Waals surface area contributed by atoms with Crippen molar-refractivity contribution in [3.05, 3.63) is 49.1 Å². The summed E-state index contributed by atoms with van der Waals surface area (Å²) >= 11 is 0. The topological polar surface area (TPSA) is 170 Å². The molecule has 2 aromatic carbocycles. The van der Waals surface area contributed by atoms with Crippen molar-refractivity contribution in [3.63, 3.8) is 0 Å². The van der Waals surface area contributed by atoms with Gasteiger partial charge in [0.15, 0.2) is 0 Å². The Labute approximate surface area is 265 Å². The van der Waals surface area contributed by atoms with Crippen LogP contribution in [0.3, 0.4) is 0 Å². The van der Waals surface area contributed by atoms with Gasteiger partial charge in [-0.15, -0.1) is 0 Å². The number of hydrogen-bond acceptors (Lipinski definition) is 13. The number of piperidine rings is 2. The highest BCUT2D eigenvalue weighted by molar-refractivity contribution is 7.34. The SMILES string of the molecule is COc1cccc2c(N3CCC(NC(=O)O[PH](=O)OC(=O)NC4CCN(c5ncnc6c(OC)cccc56)CC4)CC3)ncnc12. The van der Waals surface area contributed by atoms with Gasteiger partial charge in [-0.05, 0) is 49.9 Å². The molecule has 16 heteroatoms. The molecule has 2 amide bonds. The Hall–Kier alpha value is -4.91. The molecule has 4 heterocycles. The highest BCUT2D eigenvalue weighted by atomic mass is 31.1. The Morgan fingerprint density at radius 1 is 0.696 bits per heavy atom. The smallest absolute Gasteiger partial charge is 0.425 e. The number of ether oxygens (including phenoxy) is 2. The quantitative estimate of drug-likeness (QED) is 0.262. The normalized spacial score (nSPS) is 16.0. The van der Waals surface area contributed by atoms with Crippen LogP contribution in [0.15, 0.2) is 49.1 Å². The van der Waals surface area contributed by atoms with E-state index < -0.39 is 20.4 Å². The van der Waals surface area contributed by atoms with Crippen molar-refractivity contribution in [2.45, 2.75) is 37.8 Å². The molecule has 2 aliphatic rings. The number of fused-ring (bicyclic) bond motifs is 2. The Balaban J connectivity index is 0.929. The van der Waals surface area contributed by atoms with Gasteiger partial charge in [-0.1, -0.05) is 12.1 Å². The first kappa shape index (κ1) is 31.1. The van der Waals surface area contributed by atoms with Gasteiger partial charge in [0, 0.05) is 49.0 Å². The number of nitrogens with zero attached hydrogens (tertiary/aromatic N) is 6. The Morgan fingerprint density at radius 2 is 1.11 bits per heavy atom. The van der Waals surface area contributed by atoms with E-state index in [0.717, 1.165) is 33.4 Å². The Bertz CT molecular complexity index is 1620. The van der Waals surface area contributed by atoms with E-state index >= 15 is 0 Å². The fraction of sp³-hybridized carbons (Fsp3) is 0.400. The zero-order valence-corrected chi connectivity index (χ0v) is 26.5. The van der Waals surface area contributed by atoms with E-state index in [9.17, 15) is 14.2 Å². The lowest BCUT2D eigenvalue weighted by Crippen LogP contribution is -2.45. The van der Waals surface area contributed by atoms with Crippen molar-refractivity contribution in [2.24, 2.45) is 0 Å². The molecular formula is C30H35N8O7P. The van der Waals surface area contributed by atoms with Gasteiger partial charge in [0.1, 0.15) is 46.8 Å². The molecule has 0 atom stereocenters. The largest absolute Gasteiger partial charge is 0.494 e. The number of carbonyl (C=O) groups excluding carboxylic acids is 2. The number of para-hydroxylation sites is 2. The van der Waals surface area contributed by atoms with Crippen LogP contribution in [-0.2, 0) is 13.6 Å². The monoisotopic (exact) mass is 650 g/mol. The number of benzene rings is 2. The van der Waals surface area contributed by atoms with E-state index in [1.54, 1.807) is 14.2 Å². The Morgan fingerprint density at radius 3 is 1.50 bits per heavy atom. The summed E-state index contributed by atoms with van der Waals surface area (Å²) < 4.78 is 32.9. The number of amides is 2. The summed E-state index contributed by atoms with van der Waals surface area (Å²) in [5, 5.41) is 7.21. The summed E-state index contributed by atoms with van der Waals surface area (Å²) in [5.41, 5.74) is 1.46. The third-order valence-electron chi connectivity index (χ3n) is 8.24. The van der Waals surface area contributed by atoms with Gasteiger partial charge in [0.05, 0.1) is 14.2 Å². The maximum absolute atomic E-state index is 12.4. The summed E-state index contributed by atoms with van der Waals surface area (Å²) in [6, 6.07) is 11.0. The molecule has 2 fully saturated rings. The molecule has 2 aromatic heterocycles. The summed E-state index contributed by atoms with van der Waals surface area (Å²) in [4.78, 5) is 46.7. The van der Waals surface area contributed by atoms with Crippen molar-refractivity contribution >= 4 is 53.9 Å². The minimum atomic E-state index is -3.41. The van der Waals surface area contributed by atoms with Gasteiger partial charge in [0.25, 0.3) is 0 Å². The van der Waals surface area contributed by atoms with E-state index in [4.69, 9.17) is 18.5 Å². The number of nitrogens with one attached hydrogen (secondary N) is 2. The van der Waals surface area contributed by atoms with Crippen LogP contribution in [0.25, 0.3) is 21.8 Å². The number of hydrogen-bond donors (Lipinski definition) is 2. The third-order valence-corrected chi connectivity index (χ3v) is 8.94. The molecule has 4 aromatic rings. The molecule has 6 rings (SSSR count). The molecule has 0 aliphatic carbocycles. The molecule has 2 aliphatic heterocycles. The van der Waals surface area contributed by atoms with Crippen LogP contribution in [0.4, 0.5) is 21.2 Å². The molecule has 46 heavy (non-hydrogen) atoms. The molecule has 0 unspecified atom stereocenters. The van der Waals surface area contributed by atoms with Gasteiger partial charge in [-0.3, -0.25) is 0 Å². The highest BCUT2D eigenvalue weighted by Crippen LogP contribution is 2.32. The van der Waals surface area contributed by atoms with Crippen molar-refractivity contribution in [1.82, 2.24) is 30.6 Å². The molecule has 2 N–H and O–H groups in total. The lowest BCUT2D eigenvalue weighted by molar-refractivity contribution is 0.174. The third kappa shape index (κ3) is 6.84. The minimum absolute atomic E-state index is 0.201. The van der Waals surface area contributed by atoms with Gasteiger partial charge >= 0.3 is 20.4 Å². The minimum Gasteiger partial charge on any atom is -0.494 e. The second-order valence-corrected chi connectivity index (χ2v) is 11.9. The maximum atomic E-state index is 12.4. The van der Waals surface area contributed by atoms with Gasteiger partial charge in [-0.2, -0.15) is 0 Å². The lowest BCUT2D eigenvalue weighted by Gasteiger charge is -2.33. The number of methoxy groups -OCH3 is 2. The predicted molar refractivity (Wildman–Crippen MR) is 171 cm³/mol. The molecule has 0 bridgehead atoms. The van der Waals surface area contributed by atoms with Crippen LogP contribution in [0.1, 0.15) is 25.7 Å². The average Bonchev–Trinajstić information content (AvgIpc) is 3.07. The van der Waals surface area contributed by atoms with Crippen molar-refractivity contribution in [1.29, 1.82) is 0 Å². The van der Waals surface area contributed by atoms with Crippen LogP contribution in [-0.4, -0.2) is 84.6 Å². The summed E-state index contributed by atoms with van der Waals surface area (Å²) in [7, 11) is -0.203. The molecule has 0 saturated carbocycles. The lowest BCUT2D eigenvalue weighted by atomic mass is 10.0. The van der Waals surface area contributed by atoms with Crippen LogP contribution in [0.5, 0.6) is 11.5 Å². The standard InChI is InChI=1S/C30H35N8O7P/c1-42-23-7-3-5-21-25(23)31-17-33-27(21)37-13-9-19(10-14-37)35-29(39)44-46(41)45-30(40)36-20-11-15-38(16-12-20)28-22-6-4-8-24(43-2)26(22)32-18-34-28/h3-8,17-20,46H,9-16H2,1-2H3,(H,35,39)(H,36,40). The highest BCUT2D eigenvalue weighted by Gasteiger charge is 2.27. The molecular weight excluding hydrogens is 615 g/mol. The second-order valence-electron chi connectivity index (χ2n) is 10.9. The first-order valence-electron chi connectivity index (χ1n) is 15.0. The zero-order valence-electron chi connectivity index (χ0n) is 25.5. The summed E-state index contributed by atoms with van der Waals surface area (Å²) in [6.45, 7) is 2.51. The zero-order chi connectivity index (χ0) is 32.0. The van der Waals surface area contributed by atoms with Crippen molar-refractivity contribution < 1.29 is 32.7 Å². The average molecular weight is 651 g/mol. The van der Waals surface area contributed by atoms with E-state index in [1.165, 1.54) is 12.7 Å². The Kier molecular flexibility index (Phi) is 9.48. The van der Waals surface area contributed by atoms with Crippen LogP contribution >= 0.6 is 8.25 Å². The first-order chi connectivity index (χ1) is 22.4. The predicted octanol–water partition coefficient (Wildman–Crippen LogP) is 4.07. The summed E-state index contributed by atoms with van der Waals surface area (Å²) in [5.74, 6) is 2.93. The van der Waals surface area contributed by atoms with E-state index in [2.05, 4.69) is 40.4 Å². The number of aromatic nitrogens is 4. The fourth-order valence-corrected chi connectivity index (χ4v) is 6.42. The van der Waals surface area contributed by atoms with Crippen molar-refractivity contribution in [2.75, 3.05) is 50.2 Å². The van der Waals surface area contributed by atoms with E-state index in [1.807, 2.05) is 36.4 Å². The molecule has 2 saturated heterocycles. The maximum Gasteiger partial charge on any atom is 0.425 e. The molecule has 15 nitrogen and oxygen atoms in total. The van der Waals surface area contributed by atoms with Crippen molar-refractivity contribution in [3.8, 4) is 11.5 Å². The second kappa shape index (κ2) is 14.0. The van der Waals surface area contributed by atoms with Gasteiger partial charge < -0.3 is 39.0 Å². The van der Waals surface area contributed by atoms with Gasteiger partial charge in [-0.25, -0.2) is 34.1 Å². The van der Waals surface area contributed by atoms with E-state index in [-0.39, 0.29) is 12.1 Å². The molecule has 0 radical (unpaired) electrons. The van der Waals surface area contributed by atoms with Crippen LogP contribution in [0, 0.1) is 0 Å². The molecule has 0 spiro atoms. The first-order valence-corrected chi connectivity index (χ1v) is 16.2. The molecule has 242 valence electrons. The fourth-order valence-electron chi connectivity index (χ4n) is 5.96. The number of carbonyl (C=O) groups is 2. The van der Waals surface area contributed by atoms with E-state index in [0.29, 0.717) is 63.4 Å². The number of rotatable bonds is 8.